The van der Waals surface area contributed by atoms with Crippen molar-refractivity contribution in [1.82, 2.24) is 5.32 Å². The number of amides is 1. The van der Waals surface area contributed by atoms with Gasteiger partial charge in [0.05, 0.1) is 19.1 Å². The summed E-state index contributed by atoms with van der Waals surface area (Å²) in [5.74, 6) is -0.414. The number of hydrogen-bond acceptors (Lipinski definition) is 5. The molecule has 6 nitrogen and oxygen atoms in total. The molecule has 0 aromatic heterocycles. The third-order valence-corrected chi connectivity index (χ3v) is 4.22. The summed E-state index contributed by atoms with van der Waals surface area (Å²) < 4.78 is 15.8. The Morgan fingerprint density at radius 3 is 2.43 bits per heavy atom. The minimum atomic E-state index is -0.528. The van der Waals surface area contributed by atoms with Gasteiger partial charge in [0, 0.05) is 11.5 Å². The van der Waals surface area contributed by atoms with Gasteiger partial charge in [0.15, 0.2) is 0 Å². The van der Waals surface area contributed by atoms with Crippen molar-refractivity contribution in [2.45, 2.75) is 57.8 Å². The Morgan fingerprint density at radius 1 is 1.24 bits per heavy atom. The highest BCUT2D eigenvalue weighted by Gasteiger charge is 2.53. The molecule has 2 atom stereocenters. The molecular formula is C15H23NO5. The van der Waals surface area contributed by atoms with Crippen molar-refractivity contribution in [3.8, 4) is 0 Å². The lowest BCUT2D eigenvalue weighted by Gasteiger charge is -2.52. The quantitative estimate of drug-likeness (QED) is 0.801. The first kappa shape index (κ1) is 14.6. The van der Waals surface area contributed by atoms with Gasteiger partial charge in [-0.15, -0.1) is 0 Å². The molecule has 0 radical (unpaired) electrons. The van der Waals surface area contributed by atoms with Gasteiger partial charge in [0.25, 0.3) is 0 Å². The normalized spacial score (nSPS) is 30.0. The summed E-state index contributed by atoms with van der Waals surface area (Å²) in [4.78, 5) is 23.6. The SMILES string of the molecule is CC(C)(C)OC(=O)N[C@@H]1C[C@H]1C(=O)OC1CC2(COC2)C1. The van der Waals surface area contributed by atoms with E-state index in [4.69, 9.17) is 14.2 Å². The number of esters is 1. The van der Waals surface area contributed by atoms with E-state index in [0.717, 1.165) is 26.1 Å². The van der Waals surface area contributed by atoms with Gasteiger partial charge in [-0.3, -0.25) is 4.79 Å². The first-order valence-electron chi connectivity index (χ1n) is 7.54. The molecule has 0 bridgehead atoms. The molecule has 21 heavy (non-hydrogen) atoms. The molecule has 0 unspecified atom stereocenters. The number of alkyl carbamates (subject to hydrolysis) is 1. The Balaban J connectivity index is 1.35. The minimum Gasteiger partial charge on any atom is -0.462 e. The van der Waals surface area contributed by atoms with E-state index in [1.807, 2.05) is 20.8 Å². The second-order valence-corrected chi connectivity index (χ2v) is 7.55. The van der Waals surface area contributed by atoms with E-state index in [1.165, 1.54) is 0 Å². The van der Waals surface area contributed by atoms with Crippen LogP contribution in [0.15, 0.2) is 0 Å². The number of rotatable bonds is 3. The molecule has 6 heteroatoms. The van der Waals surface area contributed by atoms with Crippen LogP contribution < -0.4 is 5.32 Å². The maximum Gasteiger partial charge on any atom is 0.407 e. The maximum atomic E-state index is 12.0. The molecule has 1 amide bonds. The fraction of sp³-hybridized carbons (Fsp3) is 0.867. The molecule has 1 heterocycles. The molecule has 1 aliphatic heterocycles. The lowest BCUT2D eigenvalue weighted by Crippen LogP contribution is -2.55. The van der Waals surface area contributed by atoms with Crippen LogP contribution in [0.1, 0.15) is 40.0 Å². The second kappa shape index (κ2) is 4.87. The molecule has 3 rings (SSSR count). The summed E-state index contributed by atoms with van der Waals surface area (Å²) in [6, 6.07) is -0.145. The smallest absolute Gasteiger partial charge is 0.407 e. The average Bonchev–Trinajstić information content (AvgIpc) is 2.95. The Labute approximate surface area is 124 Å². The Hall–Kier alpha value is -1.30. The number of carbonyl (C=O) groups is 2. The van der Waals surface area contributed by atoms with E-state index < -0.39 is 11.7 Å². The Bertz CT molecular complexity index is 443. The molecule has 3 fully saturated rings. The molecule has 1 N–H and O–H groups in total. The number of ether oxygens (including phenoxy) is 3. The van der Waals surface area contributed by atoms with Crippen molar-refractivity contribution in [2.75, 3.05) is 13.2 Å². The van der Waals surface area contributed by atoms with E-state index in [0.29, 0.717) is 11.8 Å². The molecule has 0 aromatic carbocycles. The number of hydrogen-bond donors (Lipinski definition) is 1. The van der Waals surface area contributed by atoms with E-state index >= 15 is 0 Å². The van der Waals surface area contributed by atoms with Gasteiger partial charge in [0.1, 0.15) is 11.7 Å². The van der Waals surface area contributed by atoms with Gasteiger partial charge < -0.3 is 19.5 Å². The molecule has 118 valence electrons. The van der Waals surface area contributed by atoms with E-state index in [1.54, 1.807) is 0 Å². The van der Waals surface area contributed by atoms with E-state index in [-0.39, 0.29) is 24.0 Å². The summed E-state index contributed by atoms with van der Waals surface area (Å²) in [5, 5.41) is 2.71. The lowest BCUT2D eigenvalue weighted by molar-refractivity contribution is -0.212. The lowest BCUT2D eigenvalue weighted by atomic mass is 9.65. The topological polar surface area (TPSA) is 73.9 Å². The van der Waals surface area contributed by atoms with Crippen LogP contribution in [0.4, 0.5) is 4.79 Å². The van der Waals surface area contributed by atoms with Gasteiger partial charge in [-0.05, 0) is 40.0 Å². The van der Waals surface area contributed by atoms with Crippen LogP contribution in [0, 0.1) is 11.3 Å². The highest BCUT2D eigenvalue weighted by molar-refractivity contribution is 5.79. The number of nitrogens with one attached hydrogen (secondary N) is 1. The summed E-state index contributed by atoms with van der Waals surface area (Å²) in [5.41, 5.74) is -0.233. The Morgan fingerprint density at radius 2 is 1.90 bits per heavy atom. The second-order valence-electron chi connectivity index (χ2n) is 7.55. The van der Waals surface area contributed by atoms with Crippen LogP contribution in [0.25, 0.3) is 0 Å². The predicted octanol–water partition coefficient (Wildman–Crippen LogP) is 1.62. The zero-order chi connectivity index (χ0) is 15.3. The maximum absolute atomic E-state index is 12.0. The summed E-state index contributed by atoms with van der Waals surface area (Å²) in [7, 11) is 0. The third-order valence-electron chi connectivity index (χ3n) is 4.22. The molecular weight excluding hydrogens is 274 g/mol. The highest BCUT2D eigenvalue weighted by Crippen LogP contribution is 2.48. The summed E-state index contributed by atoms with van der Waals surface area (Å²) in [6.07, 6.45) is 2.02. The van der Waals surface area contributed by atoms with Crippen LogP contribution in [-0.2, 0) is 19.0 Å². The van der Waals surface area contributed by atoms with Gasteiger partial charge in [-0.2, -0.15) is 0 Å². The standard InChI is InChI=1S/C15H23NO5/c1-14(2,3)21-13(18)16-11-4-10(11)12(17)20-9-5-15(6-9)7-19-8-15/h9-11H,4-8H2,1-3H3,(H,16,18)/t10-,11-/m1/s1. The Kier molecular flexibility index (Phi) is 3.39. The van der Waals surface area contributed by atoms with Gasteiger partial charge in [-0.25, -0.2) is 4.79 Å². The summed E-state index contributed by atoms with van der Waals surface area (Å²) in [6.45, 7) is 7.02. The van der Waals surface area contributed by atoms with Crippen molar-refractivity contribution in [1.29, 1.82) is 0 Å². The molecule has 1 spiro atoms. The van der Waals surface area contributed by atoms with Gasteiger partial charge in [0.2, 0.25) is 0 Å². The monoisotopic (exact) mass is 297 g/mol. The first-order valence-corrected chi connectivity index (χ1v) is 7.54. The van der Waals surface area contributed by atoms with Crippen molar-refractivity contribution in [3.63, 3.8) is 0 Å². The van der Waals surface area contributed by atoms with Crippen LogP contribution >= 0.6 is 0 Å². The predicted molar refractivity (Wildman–Crippen MR) is 73.6 cm³/mol. The largest absolute Gasteiger partial charge is 0.462 e. The van der Waals surface area contributed by atoms with Crippen molar-refractivity contribution in [3.05, 3.63) is 0 Å². The van der Waals surface area contributed by atoms with Gasteiger partial charge >= 0.3 is 12.1 Å². The first-order chi connectivity index (χ1) is 9.76. The molecule has 0 aromatic rings. The fourth-order valence-electron chi connectivity index (χ4n) is 2.94. The minimum absolute atomic E-state index is 0.0316. The van der Waals surface area contributed by atoms with Crippen LogP contribution in [-0.4, -0.2) is 43.0 Å². The third kappa shape index (κ3) is 3.31. The van der Waals surface area contributed by atoms with E-state index in [2.05, 4.69) is 5.32 Å². The molecule has 2 saturated carbocycles. The van der Waals surface area contributed by atoms with Gasteiger partial charge in [-0.1, -0.05) is 0 Å². The van der Waals surface area contributed by atoms with Crippen molar-refractivity contribution < 1.29 is 23.8 Å². The molecule has 1 saturated heterocycles. The van der Waals surface area contributed by atoms with Crippen LogP contribution in [0.2, 0.25) is 0 Å². The van der Waals surface area contributed by atoms with Crippen LogP contribution in [0.5, 0.6) is 0 Å². The number of carbonyl (C=O) groups excluding carboxylic acids is 2. The van der Waals surface area contributed by atoms with Crippen molar-refractivity contribution in [2.24, 2.45) is 11.3 Å². The average molecular weight is 297 g/mol. The zero-order valence-corrected chi connectivity index (χ0v) is 12.8. The summed E-state index contributed by atoms with van der Waals surface area (Å²) >= 11 is 0. The van der Waals surface area contributed by atoms with Crippen LogP contribution in [0.3, 0.4) is 0 Å². The fourth-order valence-corrected chi connectivity index (χ4v) is 2.94. The molecule has 2 aliphatic carbocycles. The van der Waals surface area contributed by atoms with E-state index in [9.17, 15) is 9.59 Å². The highest BCUT2D eigenvalue weighted by atomic mass is 16.6. The molecule has 3 aliphatic rings. The van der Waals surface area contributed by atoms with Crippen molar-refractivity contribution >= 4 is 12.1 Å². The zero-order valence-electron chi connectivity index (χ0n) is 12.8.